The molecule has 4 rings (SSSR count). The first kappa shape index (κ1) is 27.7. The Morgan fingerprint density at radius 1 is 1.26 bits per heavy atom. The number of carbonyl (C=O) groups is 2. The van der Waals surface area contributed by atoms with E-state index in [1.807, 2.05) is 53.3 Å². The molecule has 2 aromatic heterocycles. The highest BCUT2D eigenvalue weighted by molar-refractivity contribution is 8.01. The number of amides is 2. The van der Waals surface area contributed by atoms with Crippen LogP contribution in [0.15, 0.2) is 64.5 Å². The maximum Gasteiger partial charge on any atom is 0.257 e. The van der Waals surface area contributed by atoms with Gasteiger partial charge in [-0.05, 0) is 55.2 Å². The van der Waals surface area contributed by atoms with Crippen molar-refractivity contribution in [2.75, 3.05) is 32.1 Å². The molecule has 38 heavy (non-hydrogen) atoms. The van der Waals surface area contributed by atoms with E-state index in [1.165, 1.54) is 17.4 Å². The van der Waals surface area contributed by atoms with Crippen LogP contribution >= 0.6 is 23.1 Å². The third-order valence-corrected chi connectivity index (χ3v) is 8.65. The van der Waals surface area contributed by atoms with Crippen LogP contribution in [-0.2, 0) is 4.79 Å². The van der Waals surface area contributed by atoms with E-state index < -0.39 is 0 Å². The second-order valence-corrected chi connectivity index (χ2v) is 11.8. The second-order valence-electron chi connectivity index (χ2n) is 9.40. The lowest BCUT2D eigenvalue weighted by Gasteiger charge is -2.34. The Morgan fingerprint density at radius 3 is 2.76 bits per heavy atom. The van der Waals surface area contributed by atoms with Crippen LogP contribution in [0.25, 0.3) is 0 Å². The highest BCUT2D eigenvalue weighted by Gasteiger charge is 2.32. The smallest absolute Gasteiger partial charge is 0.257 e. The number of anilines is 2. The molecule has 8 nitrogen and oxygen atoms in total. The Bertz CT molecular complexity index is 1290. The van der Waals surface area contributed by atoms with Gasteiger partial charge >= 0.3 is 0 Å². The first-order valence-electron chi connectivity index (χ1n) is 12.5. The Balaban J connectivity index is 1.57. The van der Waals surface area contributed by atoms with E-state index in [9.17, 15) is 9.59 Å². The number of pyridine rings is 1. The number of aryl methyl sites for hydroxylation is 1. The zero-order valence-corrected chi connectivity index (χ0v) is 23.8. The van der Waals surface area contributed by atoms with Gasteiger partial charge in [-0.25, -0.2) is 9.97 Å². The van der Waals surface area contributed by atoms with Gasteiger partial charge in [-0.1, -0.05) is 49.6 Å². The maximum atomic E-state index is 13.9. The number of rotatable bonds is 8. The van der Waals surface area contributed by atoms with Crippen LogP contribution in [0.4, 0.5) is 10.9 Å². The number of ether oxygens (including phenoxy) is 1. The Morgan fingerprint density at radius 2 is 2.08 bits per heavy atom. The molecule has 1 N–H and O–H groups in total. The summed E-state index contributed by atoms with van der Waals surface area (Å²) in [6.07, 6.45) is 5.61. The van der Waals surface area contributed by atoms with Crippen LogP contribution in [0.5, 0.6) is 5.75 Å². The first-order chi connectivity index (χ1) is 18.3. The number of hydrogen-bond donors (Lipinski definition) is 1. The van der Waals surface area contributed by atoms with E-state index in [0.29, 0.717) is 37.4 Å². The van der Waals surface area contributed by atoms with Crippen LogP contribution in [0.1, 0.15) is 36.2 Å². The fraction of sp³-hybridized carbons (Fsp3) is 0.357. The number of nitrogens with one attached hydrogen (secondary N) is 1. The molecule has 1 aliphatic rings. The largest absolute Gasteiger partial charge is 0.496 e. The maximum absolute atomic E-state index is 13.9. The van der Waals surface area contributed by atoms with E-state index >= 15 is 0 Å². The monoisotopic (exact) mass is 551 g/mol. The molecule has 3 aromatic rings. The van der Waals surface area contributed by atoms with Crippen molar-refractivity contribution in [3.8, 4) is 5.75 Å². The number of hydrogen-bond acceptors (Lipinski definition) is 8. The van der Waals surface area contributed by atoms with Crippen molar-refractivity contribution < 1.29 is 14.3 Å². The predicted octanol–water partition coefficient (Wildman–Crippen LogP) is 5.64. The molecule has 1 unspecified atom stereocenters. The van der Waals surface area contributed by atoms with Gasteiger partial charge in [0.25, 0.3) is 5.91 Å². The van der Waals surface area contributed by atoms with Crippen LogP contribution in [0, 0.1) is 12.8 Å². The number of methoxy groups -OCH3 is 1. The Kier molecular flexibility index (Phi) is 9.06. The minimum absolute atomic E-state index is 0.0838. The van der Waals surface area contributed by atoms with Gasteiger partial charge in [0.1, 0.15) is 11.6 Å². The lowest BCUT2D eigenvalue weighted by molar-refractivity contribution is -0.129. The summed E-state index contributed by atoms with van der Waals surface area (Å²) in [6.45, 7) is 11.5. The summed E-state index contributed by atoms with van der Waals surface area (Å²) in [4.78, 5) is 39.8. The number of thiazole rings is 1. The standard InChI is InChI=1S/C28H33N5O3S2/c1-6-25(34)33-13-9-12-32(17-21(33)18(2)3)27(35)20-15-23(19(4)14-22(20)36-5)37-26-16-30-28(38-26)31-24-10-7-8-11-29-24/h6-8,10-11,14-16,18,21H,1,9,12-13,17H2,2-5H3,(H,29,30,31). The highest BCUT2D eigenvalue weighted by atomic mass is 32.2. The molecule has 1 aromatic carbocycles. The summed E-state index contributed by atoms with van der Waals surface area (Å²) < 4.78 is 6.62. The van der Waals surface area contributed by atoms with Crippen LogP contribution in [0.3, 0.4) is 0 Å². The second kappa shape index (κ2) is 12.4. The fourth-order valence-electron chi connectivity index (χ4n) is 4.46. The normalized spacial score (nSPS) is 15.8. The molecule has 1 atom stereocenters. The fourth-order valence-corrected chi connectivity index (χ4v) is 6.40. The molecule has 10 heteroatoms. The predicted molar refractivity (Wildman–Crippen MR) is 153 cm³/mol. The van der Waals surface area contributed by atoms with Crippen LogP contribution < -0.4 is 10.1 Å². The van der Waals surface area contributed by atoms with Crippen molar-refractivity contribution in [2.24, 2.45) is 5.92 Å². The number of benzene rings is 1. The minimum Gasteiger partial charge on any atom is -0.496 e. The van der Waals surface area contributed by atoms with E-state index in [0.717, 1.165) is 25.6 Å². The third kappa shape index (κ3) is 6.36. The summed E-state index contributed by atoms with van der Waals surface area (Å²) in [5, 5.41) is 3.97. The topological polar surface area (TPSA) is 87.7 Å². The van der Waals surface area contributed by atoms with Gasteiger partial charge in [-0.2, -0.15) is 0 Å². The summed E-state index contributed by atoms with van der Waals surface area (Å²) >= 11 is 3.09. The van der Waals surface area contributed by atoms with Crippen molar-refractivity contribution >= 4 is 45.9 Å². The van der Waals surface area contributed by atoms with Gasteiger partial charge in [0.05, 0.1) is 29.1 Å². The van der Waals surface area contributed by atoms with Gasteiger partial charge < -0.3 is 19.9 Å². The summed E-state index contributed by atoms with van der Waals surface area (Å²) in [5.41, 5.74) is 1.53. The molecule has 1 aliphatic heterocycles. The average molecular weight is 552 g/mol. The lowest BCUT2D eigenvalue weighted by Crippen LogP contribution is -2.47. The Hall–Kier alpha value is -3.37. The molecule has 1 saturated heterocycles. The molecule has 1 fully saturated rings. The number of aromatic nitrogens is 2. The summed E-state index contributed by atoms with van der Waals surface area (Å²) in [7, 11) is 1.58. The van der Waals surface area contributed by atoms with Crippen molar-refractivity contribution in [3.63, 3.8) is 0 Å². The van der Waals surface area contributed by atoms with Crippen LogP contribution in [-0.4, -0.2) is 64.4 Å². The van der Waals surface area contributed by atoms with E-state index in [2.05, 4.69) is 35.7 Å². The number of nitrogens with zero attached hydrogens (tertiary/aromatic N) is 4. The van der Waals surface area contributed by atoms with Crippen molar-refractivity contribution in [2.45, 2.75) is 42.3 Å². The third-order valence-electron chi connectivity index (χ3n) is 6.47. The lowest BCUT2D eigenvalue weighted by atomic mass is 10.0. The average Bonchev–Trinajstić information content (AvgIpc) is 3.22. The summed E-state index contributed by atoms with van der Waals surface area (Å²) in [5.74, 6) is 1.29. The molecule has 0 spiro atoms. The molecule has 3 heterocycles. The molecule has 0 radical (unpaired) electrons. The van der Waals surface area contributed by atoms with E-state index in [4.69, 9.17) is 4.74 Å². The minimum atomic E-state index is -0.0935. The van der Waals surface area contributed by atoms with Gasteiger partial charge in [0.15, 0.2) is 5.13 Å². The SMILES string of the molecule is C=CC(=O)N1CCCN(C(=O)c2cc(Sc3cnc(Nc4ccccn4)s3)c(C)cc2OC)CC1C(C)C. The van der Waals surface area contributed by atoms with E-state index in [1.54, 1.807) is 25.1 Å². The quantitative estimate of drug-likeness (QED) is 0.363. The molecule has 0 saturated carbocycles. The molecular weight excluding hydrogens is 518 g/mol. The van der Waals surface area contributed by atoms with Gasteiger partial charge in [0, 0.05) is 30.7 Å². The van der Waals surface area contributed by atoms with Crippen LogP contribution in [0.2, 0.25) is 0 Å². The highest BCUT2D eigenvalue weighted by Crippen LogP contribution is 2.39. The molecule has 2 amide bonds. The summed E-state index contributed by atoms with van der Waals surface area (Å²) in [6, 6.07) is 9.41. The van der Waals surface area contributed by atoms with E-state index in [-0.39, 0.29) is 23.8 Å². The van der Waals surface area contributed by atoms with Crippen molar-refractivity contribution in [1.82, 2.24) is 19.8 Å². The van der Waals surface area contributed by atoms with Gasteiger partial charge in [0.2, 0.25) is 5.91 Å². The molecule has 200 valence electrons. The van der Waals surface area contributed by atoms with Crippen molar-refractivity contribution in [3.05, 3.63) is 66.5 Å². The number of carbonyl (C=O) groups excluding carboxylic acids is 2. The molecular formula is C28H33N5O3S2. The zero-order valence-electron chi connectivity index (χ0n) is 22.1. The first-order valence-corrected chi connectivity index (χ1v) is 14.2. The van der Waals surface area contributed by atoms with Crippen molar-refractivity contribution in [1.29, 1.82) is 0 Å². The van der Waals surface area contributed by atoms with Gasteiger partial charge in [-0.3, -0.25) is 9.59 Å². The molecule has 0 aliphatic carbocycles. The Labute approximate surface area is 232 Å². The molecule has 0 bridgehead atoms. The van der Waals surface area contributed by atoms with Gasteiger partial charge in [-0.15, -0.1) is 0 Å². The zero-order chi connectivity index (χ0) is 27.2.